The van der Waals surface area contributed by atoms with Gasteiger partial charge in [-0.1, -0.05) is 19.1 Å². The monoisotopic (exact) mass is 317 g/mol. The van der Waals surface area contributed by atoms with E-state index in [-0.39, 0.29) is 48.9 Å². The van der Waals surface area contributed by atoms with E-state index in [9.17, 15) is 14.0 Å². The molecule has 0 spiro atoms. The van der Waals surface area contributed by atoms with Gasteiger partial charge in [0, 0.05) is 6.54 Å². The van der Waals surface area contributed by atoms with Crippen molar-refractivity contribution in [3.05, 3.63) is 35.6 Å². The number of hydrogen-bond acceptors (Lipinski definition) is 3. The molecule has 0 aliphatic rings. The van der Waals surface area contributed by atoms with E-state index < -0.39 is 0 Å². The minimum absolute atomic E-state index is 0. The zero-order valence-electron chi connectivity index (χ0n) is 11.9. The van der Waals surface area contributed by atoms with E-state index in [1.54, 1.807) is 12.1 Å². The van der Waals surface area contributed by atoms with Gasteiger partial charge in [-0.15, -0.1) is 12.4 Å². The average Bonchev–Trinajstić information content (AvgIpc) is 2.42. The van der Waals surface area contributed by atoms with E-state index >= 15 is 0 Å². The maximum Gasteiger partial charge on any atom is 0.239 e. The van der Waals surface area contributed by atoms with Gasteiger partial charge >= 0.3 is 0 Å². The fourth-order valence-corrected chi connectivity index (χ4v) is 1.51. The SMILES string of the molecule is CC(CN)CNC(=O)CNC(=O)Cc1cccc(F)c1.Cl. The number of nitrogens with one attached hydrogen (secondary N) is 2. The van der Waals surface area contributed by atoms with Crippen LogP contribution in [0.2, 0.25) is 0 Å². The van der Waals surface area contributed by atoms with Crippen molar-refractivity contribution in [2.75, 3.05) is 19.6 Å². The first-order valence-electron chi connectivity index (χ1n) is 6.49. The standard InChI is InChI=1S/C14H20FN3O2.ClH/c1-10(7-16)8-17-14(20)9-18-13(19)6-11-3-2-4-12(15)5-11;/h2-5,10H,6-9,16H2,1H3,(H,17,20)(H,18,19);1H. The molecule has 7 heteroatoms. The van der Waals surface area contributed by atoms with Crippen LogP contribution in [0.25, 0.3) is 0 Å². The fourth-order valence-electron chi connectivity index (χ4n) is 1.51. The highest BCUT2D eigenvalue weighted by Gasteiger charge is 2.08. The Kier molecular flexibility index (Phi) is 9.32. The summed E-state index contributed by atoms with van der Waals surface area (Å²) < 4.78 is 12.9. The lowest BCUT2D eigenvalue weighted by Crippen LogP contribution is -2.39. The molecule has 1 atom stereocenters. The summed E-state index contributed by atoms with van der Waals surface area (Å²) in [5.41, 5.74) is 6.00. The number of benzene rings is 1. The molecule has 5 nitrogen and oxygen atoms in total. The Hall–Kier alpha value is -1.66. The van der Waals surface area contributed by atoms with Crippen molar-refractivity contribution in [3.8, 4) is 0 Å². The first kappa shape index (κ1) is 19.3. The molecular formula is C14H21ClFN3O2. The Bertz CT molecular complexity index is 471. The second-order valence-corrected chi connectivity index (χ2v) is 4.73. The highest BCUT2D eigenvalue weighted by atomic mass is 35.5. The molecule has 0 aliphatic heterocycles. The third-order valence-electron chi connectivity index (χ3n) is 2.75. The number of rotatable bonds is 7. The number of halogens is 2. The smallest absolute Gasteiger partial charge is 0.239 e. The molecule has 1 aromatic carbocycles. The maximum atomic E-state index is 12.9. The van der Waals surface area contributed by atoms with Gasteiger partial charge in [-0.2, -0.15) is 0 Å². The van der Waals surface area contributed by atoms with Gasteiger partial charge in [0.1, 0.15) is 5.82 Å². The number of carbonyl (C=O) groups excluding carboxylic acids is 2. The van der Waals surface area contributed by atoms with E-state index in [0.717, 1.165) is 0 Å². The minimum Gasteiger partial charge on any atom is -0.354 e. The van der Waals surface area contributed by atoms with Crippen molar-refractivity contribution in [1.29, 1.82) is 0 Å². The molecule has 0 bridgehead atoms. The van der Waals surface area contributed by atoms with Crippen LogP contribution in [0.4, 0.5) is 4.39 Å². The predicted octanol–water partition coefficient (Wildman–Crippen LogP) is 0.617. The molecule has 2 amide bonds. The van der Waals surface area contributed by atoms with Crippen LogP contribution < -0.4 is 16.4 Å². The number of nitrogens with two attached hydrogens (primary N) is 1. The largest absolute Gasteiger partial charge is 0.354 e. The molecule has 1 rings (SSSR count). The summed E-state index contributed by atoms with van der Waals surface area (Å²) in [6, 6.07) is 5.81. The lowest BCUT2D eigenvalue weighted by molar-refractivity contribution is -0.125. The predicted molar refractivity (Wildman–Crippen MR) is 81.6 cm³/mol. The summed E-state index contributed by atoms with van der Waals surface area (Å²) in [6.45, 7) is 2.80. The third kappa shape index (κ3) is 8.27. The Morgan fingerprint density at radius 1 is 1.29 bits per heavy atom. The zero-order chi connectivity index (χ0) is 15.0. The number of hydrogen-bond donors (Lipinski definition) is 3. The summed E-state index contributed by atoms with van der Waals surface area (Å²) in [4.78, 5) is 23.0. The van der Waals surface area contributed by atoms with Crippen molar-refractivity contribution in [2.24, 2.45) is 11.7 Å². The lowest BCUT2D eigenvalue weighted by atomic mass is 10.1. The zero-order valence-corrected chi connectivity index (χ0v) is 12.7. The fraction of sp³-hybridized carbons (Fsp3) is 0.429. The molecule has 1 unspecified atom stereocenters. The third-order valence-corrected chi connectivity index (χ3v) is 2.75. The molecule has 0 heterocycles. The summed E-state index contributed by atoms with van der Waals surface area (Å²) in [5.74, 6) is -0.777. The molecule has 4 N–H and O–H groups in total. The van der Waals surface area contributed by atoms with Crippen LogP contribution in [-0.2, 0) is 16.0 Å². The van der Waals surface area contributed by atoms with Crippen molar-refractivity contribution >= 4 is 24.2 Å². The molecule has 0 fully saturated rings. The average molecular weight is 318 g/mol. The first-order chi connectivity index (χ1) is 9.51. The van der Waals surface area contributed by atoms with Gasteiger partial charge in [0.15, 0.2) is 0 Å². The van der Waals surface area contributed by atoms with Crippen molar-refractivity contribution in [3.63, 3.8) is 0 Å². The molecule has 0 saturated carbocycles. The lowest BCUT2D eigenvalue weighted by Gasteiger charge is -2.10. The molecule has 1 aromatic rings. The van der Waals surface area contributed by atoms with Crippen molar-refractivity contribution in [1.82, 2.24) is 10.6 Å². The summed E-state index contributed by atoms with van der Waals surface area (Å²) in [5, 5.41) is 5.16. The van der Waals surface area contributed by atoms with Crippen LogP contribution in [0.5, 0.6) is 0 Å². The van der Waals surface area contributed by atoms with Gasteiger partial charge in [-0.3, -0.25) is 9.59 Å². The van der Waals surface area contributed by atoms with Crippen LogP contribution in [0, 0.1) is 11.7 Å². The highest BCUT2D eigenvalue weighted by molar-refractivity contribution is 5.86. The summed E-state index contributed by atoms with van der Waals surface area (Å²) in [7, 11) is 0. The van der Waals surface area contributed by atoms with Gasteiger partial charge < -0.3 is 16.4 Å². The van der Waals surface area contributed by atoms with E-state index in [1.165, 1.54) is 12.1 Å². The van der Waals surface area contributed by atoms with Gasteiger partial charge in [-0.25, -0.2) is 4.39 Å². The van der Waals surface area contributed by atoms with Crippen LogP contribution in [-0.4, -0.2) is 31.4 Å². The molecule has 0 saturated heterocycles. The van der Waals surface area contributed by atoms with Gasteiger partial charge in [0.2, 0.25) is 11.8 Å². The van der Waals surface area contributed by atoms with Crippen molar-refractivity contribution in [2.45, 2.75) is 13.3 Å². The second-order valence-electron chi connectivity index (χ2n) is 4.73. The molecule has 118 valence electrons. The molecule has 21 heavy (non-hydrogen) atoms. The summed E-state index contributed by atoms with van der Waals surface area (Å²) in [6.07, 6.45) is 0.0459. The van der Waals surface area contributed by atoms with E-state index in [1.807, 2.05) is 6.92 Å². The highest BCUT2D eigenvalue weighted by Crippen LogP contribution is 2.03. The normalized spacial score (nSPS) is 11.2. The van der Waals surface area contributed by atoms with E-state index in [4.69, 9.17) is 5.73 Å². The molecular weight excluding hydrogens is 297 g/mol. The minimum atomic E-state index is -0.385. The first-order valence-corrected chi connectivity index (χ1v) is 6.49. The molecule has 0 aliphatic carbocycles. The molecule has 0 radical (unpaired) electrons. The Morgan fingerprint density at radius 3 is 2.62 bits per heavy atom. The Balaban J connectivity index is 0.00000400. The van der Waals surface area contributed by atoms with Crippen molar-refractivity contribution < 1.29 is 14.0 Å². The van der Waals surface area contributed by atoms with Crippen LogP contribution in [0.3, 0.4) is 0 Å². The number of amides is 2. The maximum absolute atomic E-state index is 12.9. The topological polar surface area (TPSA) is 84.2 Å². The van der Waals surface area contributed by atoms with Gasteiger partial charge in [0.05, 0.1) is 13.0 Å². The van der Waals surface area contributed by atoms with E-state index in [2.05, 4.69) is 10.6 Å². The van der Waals surface area contributed by atoms with Crippen LogP contribution in [0.1, 0.15) is 12.5 Å². The Labute approximate surface area is 129 Å². The second kappa shape index (κ2) is 10.1. The Morgan fingerprint density at radius 2 is 2.00 bits per heavy atom. The van der Waals surface area contributed by atoms with Crippen LogP contribution >= 0.6 is 12.4 Å². The quantitative estimate of drug-likeness (QED) is 0.689. The molecule has 0 aromatic heterocycles. The van der Waals surface area contributed by atoms with E-state index in [0.29, 0.717) is 18.7 Å². The van der Waals surface area contributed by atoms with Gasteiger partial charge in [-0.05, 0) is 30.2 Å². The van der Waals surface area contributed by atoms with Gasteiger partial charge in [0.25, 0.3) is 0 Å². The van der Waals surface area contributed by atoms with Crippen LogP contribution in [0.15, 0.2) is 24.3 Å². The number of carbonyl (C=O) groups is 2. The summed E-state index contributed by atoms with van der Waals surface area (Å²) >= 11 is 0.